The van der Waals surface area contributed by atoms with Crippen molar-refractivity contribution in [3.63, 3.8) is 0 Å². The first-order valence-electron chi connectivity index (χ1n) is 13.1. The Morgan fingerprint density at radius 1 is 0.882 bits per heavy atom. The SMILES string of the molecule is Cc1occ(C(F)(F)F)c1C(=O)Nc1cnn(C2CCN(C(=O)[C@@H](N)CN)CC2)c1.O=C(O)C(F)(F)F.O=C(O)C(F)(F)F.O=C(O)C(F)(F)F. The van der Waals surface area contributed by atoms with Crippen molar-refractivity contribution >= 4 is 35.4 Å². The molecule has 0 spiro atoms. The number of likely N-dealkylation sites (tertiary alicyclic amines) is 1. The molecule has 0 unspecified atom stereocenters. The lowest BCUT2D eigenvalue weighted by atomic mass is 10.0. The van der Waals surface area contributed by atoms with Crippen LogP contribution >= 0.6 is 0 Å². The van der Waals surface area contributed by atoms with E-state index in [1.165, 1.54) is 13.1 Å². The largest absolute Gasteiger partial charge is 0.490 e. The first kappa shape index (κ1) is 45.9. The second kappa shape index (κ2) is 18.2. The summed E-state index contributed by atoms with van der Waals surface area (Å²) in [7, 11) is 0. The molecular formula is C24H26F12N6O9. The van der Waals surface area contributed by atoms with Crippen LogP contribution < -0.4 is 16.8 Å². The fourth-order valence-electron chi connectivity index (χ4n) is 3.43. The number of hydrogen-bond acceptors (Lipinski definition) is 9. The van der Waals surface area contributed by atoms with E-state index in [4.69, 9.17) is 45.6 Å². The van der Waals surface area contributed by atoms with E-state index in [0.717, 1.165) is 0 Å². The van der Waals surface area contributed by atoms with Gasteiger partial charge in [0.1, 0.15) is 17.6 Å². The third kappa shape index (κ3) is 15.6. The Labute approximate surface area is 275 Å². The van der Waals surface area contributed by atoms with Crippen molar-refractivity contribution in [2.45, 2.75) is 56.6 Å². The Hall–Kier alpha value is -5.08. The van der Waals surface area contributed by atoms with E-state index in [0.29, 0.717) is 32.2 Å². The molecule has 290 valence electrons. The van der Waals surface area contributed by atoms with Crippen LogP contribution in [0.2, 0.25) is 0 Å². The summed E-state index contributed by atoms with van der Waals surface area (Å²) in [5, 5.41) is 28.0. The number of carboxylic acids is 3. The molecule has 27 heteroatoms. The Kier molecular flexibility index (Phi) is 16.4. The van der Waals surface area contributed by atoms with Crippen molar-refractivity contribution < 1.29 is 96.4 Å². The van der Waals surface area contributed by atoms with E-state index in [9.17, 15) is 62.3 Å². The molecule has 3 heterocycles. The molecule has 1 aliphatic heterocycles. The molecule has 0 aliphatic carbocycles. The second-order valence-corrected chi connectivity index (χ2v) is 9.55. The molecule has 0 aromatic carbocycles. The topological polar surface area (TPSA) is 244 Å². The van der Waals surface area contributed by atoms with Gasteiger partial charge in [0.15, 0.2) is 0 Å². The maximum Gasteiger partial charge on any atom is 0.490 e. The predicted molar refractivity (Wildman–Crippen MR) is 142 cm³/mol. The summed E-state index contributed by atoms with van der Waals surface area (Å²) in [5.41, 5.74) is 9.69. The van der Waals surface area contributed by atoms with Crippen LogP contribution in [0.5, 0.6) is 0 Å². The van der Waals surface area contributed by atoms with Crippen LogP contribution in [0.1, 0.15) is 40.6 Å². The van der Waals surface area contributed by atoms with Gasteiger partial charge in [0.2, 0.25) is 5.91 Å². The molecule has 1 fully saturated rings. The van der Waals surface area contributed by atoms with Gasteiger partial charge in [-0.3, -0.25) is 14.3 Å². The number of carbonyl (C=O) groups is 5. The van der Waals surface area contributed by atoms with Crippen LogP contribution in [0.25, 0.3) is 0 Å². The van der Waals surface area contributed by atoms with Gasteiger partial charge in [0.25, 0.3) is 5.91 Å². The van der Waals surface area contributed by atoms with Gasteiger partial charge in [-0.2, -0.15) is 57.8 Å². The number of rotatable bonds is 5. The minimum absolute atomic E-state index is 0.0183. The number of hydrogen-bond donors (Lipinski definition) is 6. The summed E-state index contributed by atoms with van der Waals surface area (Å²) in [5.74, 6) is -9.52. The number of aromatic nitrogens is 2. The van der Waals surface area contributed by atoms with Crippen LogP contribution in [-0.4, -0.2) is 104 Å². The molecule has 0 saturated carbocycles. The maximum absolute atomic E-state index is 13.1. The van der Waals surface area contributed by atoms with Gasteiger partial charge in [-0.05, 0) is 19.8 Å². The Morgan fingerprint density at radius 3 is 1.65 bits per heavy atom. The molecular weight excluding hydrogens is 744 g/mol. The number of aliphatic carboxylic acids is 3. The van der Waals surface area contributed by atoms with E-state index in [1.807, 2.05) is 0 Å². The second-order valence-electron chi connectivity index (χ2n) is 9.55. The summed E-state index contributed by atoms with van der Waals surface area (Å²) in [6, 6.07) is -0.740. The fraction of sp³-hybridized carbons (Fsp3) is 0.500. The zero-order chi connectivity index (χ0) is 40.3. The summed E-state index contributed by atoms with van der Waals surface area (Å²) in [4.78, 5) is 52.8. The average molecular weight is 770 g/mol. The summed E-state index contributed by atoms with van der Waals surface area (Å²) < 4.78 is 141. The van der Waals surface area contributed by atoms with Gasteiger partial charge >= 0.3 is 42.6 Å². The number of aryl methyl sites for hydroxylation is 1. The lowest BCUT2D eigenvalue weighted by Crippen LogP contribution is -2.50. The van der Waals surface area contributed by atoms with Gasteiger partial charge in [-0.1, -0.05) is 0 Å². The molecule has 51 heavy (non-hydrogen) atoms. The van der Waals surface area contributed by atoms with E-state index < -0.39 is 65.7 Å². The van der Waals surface area contributed by atoms with Gasteiger partial charge in [0.05, 0.1) is 29.5 Å². The number of carboxylic acid groups (broad SMARTS) is 3. The maximum atomic E-state index is 13.1. The lowest BCUT2D eigenvalue weighted by molar-refractivity contribution is -0.193. The van der Waals surface area contributed by atoms with Crippen molar-refractivity contribution in [3.8, 4) is 0 Å². The highest BCUT2D eigenvalue weighted by molar-refractivity contribution is 6.06. The molecule has 1 atom stereocenters. The van der Waals surface area contributed by atoms with E-state index >= 15 is 0 Å². The van der Waals surface area contributed by atoms with Crippen LogP contribution in [0, 0.1) is 6.92 Å². The fourth-order valence-corrected chi connectivity index (χ4v) is 3.43. The number of nitrogens with two attached hydrogens (primary N) is 2. The van der Waals surface area contributed by atoms with Crippen LogP contribution in [0.3, 0.4) is 0 Å². The zero-order valence-electron chi connectivity index (χ0n) is 25.2. The zero-order valence-corrected chi connectivity index (χ0v) is 25.2. The quantitative estimate of drug-likeness (QED) is 0.240. The first-order chi connectivity index (χ1) is 22.9. The van der Waals surface area contributed by atoms with Crippen molar-refractivity contribution in [2.24, 2.45) is 11.5 Å². The number of halogens is 12. The monoisotopic (exact) mass is 770 g/mol. The van der Waals surface area contributed by atoms with Crippen molar-refractivity contribution in [1.29, 1.82) is 0 Å². The van der Waals surface area contributed by atoms with Crippen molar-refractivity contribution in [1.82, 2.24) is 14.7 Å². The standard InChI is InChI=1S/C18H23F3N6O3.3C2HF3O2/c1-10-15(13(9-30-10)18(19,20)21)16(28)25-11-7-24-27(8-11)12-2-4-26(5-3-12)17(29)14(23)6-22;3*3-2(4,5)1(6)7/h7-9,12,14H,2-6,22-23H2,1H3,(H,25,28);3*(H,6,7)/t14-;;;/m0.../s1. The highest BCUT2D eigenvalue weighted by Crippen LogP contribution is 2.35. The molecule has 3 rings (SSSR count). The van der Waals surface area contributed by atoms with Gasteiger partial charge < -0.3 is 41.4 Å². The van der Waals surface area contributed by atoms with Gasteiger partial charge in [-0.25, -0.2) is 14.4 Å². The Bertz CT molecular complexity index is 1440. The van der Waals surface area contributed by atoms with Crippen LogP contribution in [-0.2, 0) is 25.4 Å². The first-order valence-corrected chi connectivity index (χ1v) is 13.1. The average Bonchev–Trinajstić information content (AvgIpc) is 3.62. The Morgan fingerprint density at radius 2 is 1.29 bits per heavy atom. The lowest BCUT2D eigenvalue weighted by Gasteiger charge is -2.33. The normalized spacial score (nSPS) is 14.4. The minimum atomic E-state index is -5.08. The van der Waals surface area contributed by atoms with E-state index in [1.54, 1.807) is 15.8 Å². The highest BCUT2D eigenvalue weighted by atomic mass is 19.4. The van der Waals surface area contributed by atoms with Gasteiger partial charge in [-0.15, -0.1) is 0 Å². The summed E-state index contributed by atoms with van der Waals surface area (Å²) in [6.45, 7) is 2.34. The molecule has 1 saturated heterocycles. The Balaban J connectivity index is 0.000000966. The third-order valence-corrected chi connectivity index (χ3v) is 5.82. The molecule has 2 aromatic heterocycles. The predicted octanol–water partition coefficient (Wildman–Crippen LogP) is 3.41. The highest BCUT2D eigenvalue weighted by Gasteiger charge is 2.40. The van der Waals surface area contributed by atoms with Crippen molar-refractivity contribution in [2.75, 3.05) is 25.0 Å². The van der Waals surface area contributed by atoms with E-state index in [-0.39, 0.29) is 29.9 Å². The number of amides is 2. The van der Waals surface area contributed by atoms with Crippen LogP contribution in [0.15, 0.2) is 23.1 Å². The minimum Gasteiger partial charge on any atom is -0.475 e. The number of nitrogens with one attached hydrogen (secondary N) is 1. The third-order valence-electron chi connectivity index (χ3n) is 5.82. The molecule has 2 amide bonds. The molecule has 8 N–H and O–H groups in total. The molecule has 0 radical (unpaired) electrons. The number of furan rings is 1. The molecule has 2 aromatic rings. The van der Waals surface area contributed by atoms with Crippen LogP contribution in [0.4, 0.5) is 58.4 Å². The molecule has 15 nitrogen and oxygen atoms in total. The molecule has 0 bridgehead atoms. The number of carbonyl (C=O) groups excluding carboxylic acids is 2. The van der Waals surface area contributed by atoms with Crippen molar-refractivity contribution in [3.05, 3.63) is 35.5 Å². The number of piperidine rings is 1. The summed E-state index contributed by atoms with van der Waals surface area (Å²) in [6.07, 6.45) is -15.3. The summed E-state index contributed by atoms with van der Waals surface area (Å²) >= 11 is 0. The van der Waals surface area contributed by atoms with Gasteiger partial charge in [0, 0.05) is 25.8 Å². The number of anilines is 1. The smallest absolute Gasteiger partial charge is 0.475 e. The number of nitrogens with zero attached hydrogens (tertiary/aromatic N) is 3. The molecule has 1 aliphatic rings. The van der Waals surface area contributed by atoms with E-state index in [2.05, 4.69) is 10.4 Å². The number of alkyl halides is 12.